The molecule has 27 heavy (non-hydrogen) atoms. The van der Waals surface area contributed by atoms with E-state index in [9.17, 15) is 9.59 Å². The standard InChI is InChI=1S/C22H26N2O3/c1-27-20-11-6-5-8-18(20)12-13-21(25)23-14-7-15-24(17-16-23)22(26)19-9-3-2-4-10-19/h2-6,8-11H,7,12-17H2,1H3. The van der Waals surface area contributed by atoms with Crippen LogP contribution in [-0.2, 0) is 11.2 Å². The lowest BCUT2D eigenvalue weighted by atomic mass is 10.1. The molecule has 3 rings (SSSR count). The fourth-order valence-electron chi connectivity index (χ4n) is 3.44. The maximum atomic E-state index is 12.7. The zero-order valence-corrected chi connectivity index (χ0v) is 15.8. The molecular weight excluding hydrogens is 340 g/mol. The van der Waals surface area contributed by atoms with Crippen LogP contribution in [0.4, 0.5) is 0 Å². The van der Waals surface area contributed by atoms with E-state index in [1.807, 2.05) is 64.4 Å². The first kappa shape index (κ1) is 19.0. The Labute approximate surface area is 160 Å². The summed E-state index contributed by atoms with van der Waals surface area (Å²) >= 11 is 0. The summed E-state index contributed by atoms with van der Waals surface area (Å²) in [4.78, 5) is 29.0. The third kappa shape index (κ3) is 4.88. The molecule has 0 unspecified atom stereocenters. The van der Waals surface area contributed by atoms with Crippen molar-refractivity contribution in [3.63, 3.8) is 0 Å². The van der Waals surface area contributed by atoms with Crippen molar-refractivity contribution in [2.75, 3.05) is 33.3 Å². The number of carbonyl (C=O) groups is 2. The quantitative estimate of drug-likeness (QED) is 0.817. The molecule has 1 fully saturated rings. The Morgan fingerprint density at radius 1 is 0.889 bits per heavy atom. The molecule has 2 aromatic rings. The highest BCUT2D eigenvalue weighted by atomic mass is 16.5. The van der Waals surface area contributed by atoms with Gasteiger partial charge in [0.2, 0.25) is 5.91 Å². The molecule has 142 valence electrons. The van der Waals surface area contributed by atoms with Gasteiger partial charge in [-0.2, -0.15) is 0 Å². The molecule has 5 nitrogen and oxygen atoms in total. The minimum atomic E-state index is 0.0407. The van der Waals surface area contributed by atoms with Gasteiger partial charge in [0.1, 0.15) is 5.75 Å². The average Bonchev–Trinajstić information content (AvgIpc) is 2.98. The third-order valence-electron chi connectivity index (χ3n) is 4.96. The topological polar surface area (TPSA) is 49.9 Å². The zero-order valence-electron chi connectivity index (χ0n) is 15.8. The van der Waals surface area contributed by atoms with E-state index in [1.54, 1.807) is 7.11 Å². The van der Waals surface area contributed by atoms with E-state index >= 15 is 0 Å². The first-order valence-electron chi connectivity index (χ1n) is 9.43. The molecule has 2 amide bonds. The second kappa shape index (κ2) is 9.21. The number of aryl methyl sites for hydroxylation is 1. The largest absolute Gasteiger partial charge is 0.496 e. The highest BCUT2D eigenvalue weighted by molar-refractivity contribution is 5.94. The fraction of sp³-hybridized carbons (Fsp3) is 0.364. The third-order valence-corrected chi connectivity index (χ3v) is 4.96. The van der Waals surface area contributed by atoms with Crippen LogP contribution < -0.4 is 4.74 Å². The fourth-order valence-corrected chi connectivity index (χ4v) is 3.44. The summed E-state index contributed by atoms with van der Waals surface area (Å²) in [5.41, 5.74) is 1.75. The first-order chi connectivity index (χ1) is 13.2. The van der Waals surface area contributed by atoms with E-state index in [2.05, 4.69) is 0 Å². The van der Waals surface area contributed by atoms with Crippen LogP contribution in [0.15, 0.2) is 54.6 Å². The number of hydrogen-bond donors (Lipinski definition) is 0. The SMILES string of the molecule is COc1ccccc1CCC(=O)N1CCCN(C(=O)c2ccccc2)CC1. The molecule has 0 aliphatic carbocycles. The molecule has 0 saturated carbocycles. The van der Waals surface area contributed by atoms with E-state index in [0.29, 0.717) is 44.6 Å². The van der Waals surface area contributed by atoms with E-state index < -0.39 is 0 Å². The Kier molecular flexibility index (Phi) is 6.47. The number of carbonyl (C=O) groups excluding carboxylic acids is 2. The van der Waals surface area contributed by atoms with Gasteiger partial charge in [0, 0.05) is 38.2 Å². The maximum absolute atomic E-state index is 12.7. The molecular formula is C22H26N2O3. The summed E-state index contributed by atoms with van der Waals surface area (Å²) in [5, 5.41) is 0. The van der Waals surface area contributed by atoms with Gasteiger partial charge >= 0.3 is 0 Å². The summed E-state index contributed by atoms with van der Waals surface area (Å²) in [6, 6.07) is 17.1. The predicted octanol–water partition coefficient (Wildman–Crippen LogP) is 3.00. The normalized spacial score (nSPS) is 14.6. The molecule has 0 bridgehead atoms. The minimum Gasteiger partial charge on any atom is -0.496 e. The van der Waals surface area contributed by atoms with Gasteiger partial charge in [-0.3, -0.25) is 9.59 Å². The van der Waals surface area contributed by atoms with E-state index in [4.69, 9.17) is 4.74 Å². The lowest BCUT2D eigenvalue weighted by Crippen LogP contribution is -2.37. The van der Waals surface area contributed by atoms with Gasteiger partial charge < -0.3 is 14.5 Å². The molecule has 1 aliphatic rings. The summed E-state index contributed by atoms with van der Waals surface area (Å²) in [6.45, 7) is 2.55. The maximum Gasteiger partial charge on any atom is 0.253 e. The molecule has 5 heteroatoms. The van der Waals surface area contributed by atoms with Crippen LogP contribution in [0.5, 0.6) is 5.75 Å². The summed E-state index contributed by atoms with van der Waals surface area (Å²) in [7, 11) is 1.65. The Morgan fingerprint density at radius 2 is 1.56 bits per heavy atom. The minimum absolute atomic E-state index is 0.0407. The molecule has 2 aromatic carbocycles. The second-order valence-electron chi connectivity index (χ2n) is 6.70. The molecule has 0 aromatic heterocycles. The Morgan fingerprint density at radius 3 is 2.33 bits per heavy atom. The average molecular weight is 366 g/mol. The summed E-state index contributed by atoms with van der Waals surface area (Å²) < 4.78 is 5.36. The van der Waals surface area contributed by atoms with Crippen LogP contribution in [0.25, 0.3) is 0 Å². The number of benzene rings is 2. The number of rotatable bonds is 5. The molecule has 1 heterocycles. The lowest BCUT2D eigenvalue weighted by Gasteiger charge is -2.22. The van der Waals surface area contributed by atoms with Crippen molar-refractivity contribution in [1.29, 1.82) is 0 Å². The first-order valence-corrected chi connectivity index (χ1v) is 9.43. The highest BCUT2D eigenvalue weighted by Gasteiger charge is 2.22. The molecule has 0 N–H and O–H groups in total. The van der Waals surface area contributed by atoms with Crippen LogP contribution in [-0.4, -0.2) is 54.9 Å². The molecule has 0 spiro atoms. The summed E-state index contributed by atoms with van der Waals surface area (Å²) in [6.07, 6.45) is 1.91. The second-order valence-corrected chi connectivity index (χ2v) is 6.70. The van der Waals surface area contributed by atoms with Gasteiger partial charge in [-0.1, -0.05) is 36.4 Å². The van der Waals surface area contributed by atoms with E-state index in [-0.39, 0.29) is 11.8 Å². The van der Waals surface area contributed by atoms with Crippen molar-refractivity contribution in [3.8, 4) is 5.75 Å². The highest BCUT2D eigenvalue weighted by Crippen LogP contribution is 2.19. The smallest absolute Gasteiger partial charge is 0.253 e. The number of hydrogen-bond acceptors (Lipinski definition) is 3. The van der Waals surface area contributed by atoms with Crippen molar-refractivity contribution in [2.45, 2.75) is 19.3 Å². The van der Waals surface area contributed by atoms with Crippen molar-refractivity contribution in [2.24, 2.45) is 0 Å². The number of para-hydroxylation sites is 1. The summed E-state index contributed by atoms with van der Waals surface area (Å²) in [5.74, 6) is 0.995. The Hall–Kier alpha value is -2.82. The van der Waals surface area contributed by atoms with Gasteiger partial charge in [-0.15, -0.1) is 0 Å². The monoisotopic (exact) mass is 366 g/mol. The van der Waals surface area contributed by atoms with Crippen LogP contribution in [0.2, 0.25) is 0 Å². The van der Waals surface area contributed by atoms with Crippen molar-refractivity contribution >= 4 is 11.8 Å². The lowest BCUT2D eigenvalue weighted by molar-refractivity contribution is -0.131. The number of amides is 2. The van der Waals surface area contributed by atoms with Crippen LogP contribution in [0.3, 0.4) is 0 Å². The molecule has 1 saturated heterocycles. The molecule has 0 atom stereocenters. The van der Waals surface area contributed by atoms with Crippen LogP contribution in [0.1, 0.15) is 28.8 Å². The van der Waals surface area contributed by atoms with E-state index in [0.717, 1.165) is 17.7 Å². The van der Waals surface area contributed by atoms with Gasteiger partial charge in [0.05, 0.1) is 7.11 Å². The van der Waals surface area contributed by atoms with Crippen molar-refractivity contribution in [3.05, 3.63) is 65.7 Å². The van der Waals surface area contributed by atoms with Crippen molar-refractivity contribution < 1.29 is 14.3 Å². The van der Waals surface area contributed by atoms with Gasteiger partial charge in [0.15, 0.2) is 0 Å². The number of nitrogens with zero attached hydrogens (tertiary/aromatic N) is 2. The van der Waals surface area contributed by atoms with Gasteiger partial charge in [-0.25, -0.2) is 0 Å². The van der Waals surface area contributed by atoms with Crippen molar-refractivity contribution in [1.82, 2.24) is 9.80 Å². The van der Waals surface area contributed by atoms with E-state index in [1.165, 1.54) is 0 Å². The number of ether oxygens (including phenoxy) is 1. The molecule has 0 radical (unpaired) electrons. The Bertz CT molecular complexity index is 776. The molecule has 1 aliphatic heterocycles. The number of methoxy groups -OCH3 is 1. The van der Waals surface area contributed by atoms with Crippen LogP contribution in [0, 0.1) is 0 Å². The van der Waals surface area contributed by atoms with Gasteiger partial charge in [0.25, 0.3) is 5.91 Å². The Balaban J connectivity index is 1.54. The van der Waals surface area contributed by atoms with Crippen LogP contribution >= 0.6 is 0 Å². The van der Waals surface area contributed by atoms with Gasteiger partial charge in [-0.05, 0) is 36.6 Å². The predicted molar refractivity (Wildman–Crippen MR) is 105 cm³/mol. The zero-order chi connectivity index (χ0) is 19.1.